The van der Waals surface area contributed by atoms with Gasteiger partial charge >= 0.3 is 0 Å². The van der Waals surface area contributed by atoms with Gasteiger partial charge in [-0.2, -0.15) is 0 Å². The van der Waals surface area contributed by atoms with E-state index < -0.39 is 0 Å². The highest BCUT2D eigenvalue weighted by Crippen LogP contribution is 2.33. The Bertz CT molecular complexity index is 806. The van der Waals surface area contributed by atoms with E-state index in [0.29, 0.717) is 0 Å². The Balaban J connectivity index is 2.16. The zero-order valence-electron chi connectivity index (χ0n) is 16.0. The summed E-state index contributed by atoms with van der Waals surface area (Å²) in [6, 6.07) is 18.6. The fraction of sp³-hybridized carbons (Fsp3) is 0.417. The Hall–Kier alpha value is -1.82. The van der Waals surface area contributed by atoms with E-state index >= 15 is 0 Å². The van der Waals surface area contributed by atoms with Crippen molar-refractivity contribution < 1.29 is 0 Å². The highest BCUT2D eigenvalue weighted by Gasteiger charge is 2.19. The second-order valence-electron chi connectivity index (χ2n) is 8.45. The molecule has 126 valence electrons. The molecular formula is C24H30. The van der Waals surface area contributed by atoms with Crippen LogP contribution in [-0.2, 0) is 10.8 Å². The monoisotopic (exact) mass is 318 g/mol. The number of hydrogen-bond acceptors (Lipinski definition) is 0. The van der Waals surface area contributed by atoms with Crippen LogP contribution in [0.1, 0.15) is 65.5 Å². The Morgan fingerprint density at radius 3 is 1.25 bits per heavy atom. The lowest BCUT2D eigenvalue weighted by atomic mass is 9.80. The van der Waals surface area contributed by atoms with Gasteiger partial charge < -0.3 is 0 Å². The summed E-state index contributed by atoms with van der Waals surface area (Å²) in [5.74, 6) is 0. The highest BCUT2D eigenvalue weighted by atomic mass is 14.2. The molecule has 0 heteroatoms. The minimum absolute atomic E-state index is 0.234. The molecule has 0 spiro atoms. The normalized spacial score (nSPS) is 12.9. The molecule has 3 aromatic carbocycles. The average molecular weight is 319 g/mol. The summed E-state index contributed by atoms with van der Waals surface area (Å²) in [5, 5.41) is 5.38. The molecular weight excluding hydrogens is 288 g/mol. The van der Waals surface area contributed by atoms with Gasteiger partial charge in [0, 0.05) is 0 Å². The van der Waals surface area contributed by atoms with E-state index in [-0.39, 0.29) is 10.8 Å². The maximum Gasteiger partial charge on any atom is -0.0106 e. The summed E-state index contributed by atoms with van der Waals surface area (Å²) in [6.45, 7) is 13.8. The van der Waals surface area contributed by atoms with E-state index in [9.17, 15) is 0 Å². The van der Waals surface area contributed by atoms with Crippen LogP contribution < -0.4 is 0 Å². The molecule has 0 aliphatic heterocycles. The standard InChI is InChI=1S/C24H30/c1-7-23(3,4)21-11-9-17-14-20-16-22(24(5,6)8-2)12-10-18(20)13-19(17)15-21/h9-16H,7-8H2,1-6H3. The van der Waals surface area contributed by atoms with Crippen molar-refractivity contribution in [3.8, 4) is 0 Å². The van der Waals surface area contributed by atoms with Crippen molar-refractivity contribution >= 4 is 21.5 Å². The van der Waals surface area contributed by atoms with Crippen LogP contribution in [0.2, 0.25) is 0 Å². The molecule has 0 nitrogen and oxygen atoms in total. The maximum absolute atomic E-state index is 2.38. The molecule has 0 atom stereocenters. The molecule has 0 amide bonds. The van der Waals surface area contributed by atoms with Crippen molar-refractivity contribution in [3.05, 3.63) is 59.7 Å². The second kappa shape index (κ2) is 5.92. The van der Waals surface area contributed by atoms with Crippen LogP contribution in [0.5, 0.6) is 0 Å². The molecule has 0 fully saturated rings. The second-order valence-corrected chi connectivity index (χ2v) is 8.45. The Morgan fingerprint density at radius 2 is 0.917 bits per heavy atom. The Kier molecular flexibility index (Phi) is 4.20. The Labute approximate surface area is 146 Å². The summed E-state index contributed by atoms with van der Waals surface area (Å²) in [7, 11) is 0. The molecule has 3 aromatic rings. The van der Waals surface area contributed by atoms with E-state index in [2.05, 4.69) is 90.1 Å². The quantitative estimate of drug-likeness (QED) is 0.440. The minimum Gasteiger partial charge on any atom is -0.0646 e. The molecule has 24 heavy (non-hydrogen) atoms. The number of fused-ring (bicyclic) bond motifs is 2. The van der Waals surface area contributed by atoms with Gasteiger partial charge in [-0.1, -0.05) is 77.9 Å². The van der Waals surface area contributed by atoms with Crippen molar-refractivity contribution in [2.45, 2.75) is 65.2 Å². The van der Waals surface area contributed by atoms with Crippen LogP contribution >= 0.6 is 0 Å². The van der Waals surface area contributed by atoms with Gasteiger partial charge in [0.2, 0.25) is 0 Å². The topological polar surface area (TPSA) is 0 Å². The van der Waals surface area contributed by atoms with Crippen molar-refractivity contribution in [1.82, 2.24) is 0 Å². The SMILES string of the molecule is CCC(C)(C)c1ccc2cc3cc(C(C)(C)CC)ccc3cc2c1. The third kappa shape index (κ3) is 2.95. The van der Waals surface area contributed by atoms with E-state index in [0.717, 1.165) is 12.8 Å². The first-order valence-corrected chi connectivity index (χ1v) is 9.25. The number of benzene rings is 3. The summed E-state index contributed by atoms with van der Waals surface area (Å²) < 4.78 is 0. The van der Waals surface area contributed by atoms with Crippen LogP contribution in [-0.4, -0.2) is 0 Å². The fourth-order valence-corrected chi connectivity index (χ4v) is 3.25. The van der Waals surface area contributed by atoms with Gasteiger partial charge in [-0.3, -0.25) is 0 Å². The molecule has 0 heterocycles. The van der Waals surface area contributed by atoms with Gasteiger partial charge in [0.25, 0.3) is 0 Å². The van der Waals surface area contributed by atoms with Crippen molar-refractivity contribution in [3.63, 3.8) is 0 Å². The van der Waals surface area contributed by atoms with E-state index in [1.165, 1.54) is 32.7 Å². The third-order valence-electron chi connectivity index (χ3n) is 6.13. The molecule has 0 aromatic heterocycles. The van der Waals surface area contributed by atoms with Gasteiger partial charge in [-0.25, -0.2) is 0 Å². The van der Waals surface area contributed by atoms with Gasteiger partial charge in [0.05, 0.1) is 0 Å². The fourth-order valence-electron chi connectivity index (χ4n) is 3.25. The molecule has 0 bridgehead atoms. The van der Waals surface area contributed by atoms with Crippen LogP contribution in [0.15, 0.2) is 48.5 Å². The summed E-state index contributed by atoms with van der Waals surface area (Å²) >= 11 is 0. The lowest BCUT2D eigenvalue weighted by Crippen LogP contribution is -2.15. The number of hydrogen-bond donors (Lipinski definition) is 0. The smallest absolute Gasteiger partial charge is 0.0106 e. The molecule has 3 rings (SSSR count). The largest absolute Gasteiger partial charge is 0.0646 e. The van der Waals surface area contributed by atoms with Crippen LogP contribution in [0.25, 0.3) is 21.5 Å². The van der Waals surface area contributed by atoms with Crippen LogP contribution in [0.3, 0.4) is 0 Å². The van der Waals surface area contributed by atoms with Gasteiger partial charge in [0.1, 0.15) is 0 Å². The van der Waals surface area contributed by atoms with Gasteiger partial charge in [-0.05, 0) is 68.5 Å². The molecule has 0 aliphatic carbocycles. The third-order valence-corrected chi connectivity index (χ3v) is 6.13. The van der Waals surface area contributed by atoms with E-state index in [1.54, 1.807) is 0 Å². The molecule has 0 N–H and O–H groups in total. The zero-order chi connectivity index (χ0) is 17.5. The first-order valence-electron chi connectivity index (χ1n) is 9.25. The Morgan fingerprint density at radius 1 is 0.542 bits per heavy atom. The van der Waals surface area contributed by atoms with Crippen molar-refractivity contribution in [2.75, 3.05) is 0 Å². The lowest BCUT2D eigenvalue weighted by Gasteiger charge is -2.24. The predicted molar refractivity (Wildman–Crippen MR) is 108 cm³/mol. The minimum atomic E-state index is 0.234. The van der Waals surface area contributed by atoms with Crippen molar-refractivity contribution in [2.24, 2.45) is 0 Å². The summed E-state index contributed by atoms with van der Waals surface area (Å²) in [4.78, 5) is 0. The average Bonchev–Trinajstić information content (AvgIpc) is 2.58. The predicted octanol–water partition coefficient (Wildman–Crippen LogP) is 7.37. The van der Waals surface area contributed by atoms with Crippen LogP contribution in [0.4, 0.5) is 0 Å². The van der Waals surface area contributed by atoms with Gasteiger partial charge in [-0.15, -0.1) is 0 Å². The first kappa shape index (κ1) is 17.0. The molecule has 0 radical (unpaired) electrons. The first-order chi connectivity index (χ1) is 11.3. The lowest BCUT2D eigenvalue weighted by molar-refractivity contribution is 0.506. The summed E-state index contributed by atoms with van der Waals surface area (Å²) in [5.41, 5.74) is 3.33. The zero-order valence-corrected chi connectivity index (χ0v) is 16.0. The molecule has 0 saturated carbocycles. The molecule has 0 aliphatic rings. The van der Waals surface area contributed by atoms with Crippen LogP contribution in [0, 0.1) is 0 Å². The van der Waals surface area contributed by atoms with E-state index in [1.807, 2.05) is 0 Å². The maximum atomic E-state index is 2.38. The van der Waals surface area contributed by atoms with Crippen molar-refractivity contribution in [1.29, 1.82) is 0 Å². The molecule has 0 unspecified atom stereocenters. The van der Waals surface area contributed by atoms with Gasteiger partial charge in [0.15, 0.2) is 0 Å². The summed E-state index contributed by atoms with van der Waals surface area (Å²) in [6.07, 6.45) is 2.31. The highest BCUT2D eigenvalue weighted by molar-refractivity contribution is 5.98. The molecule has 0 saturated heterocycles. The number of rotatable bonds is 4. The van der Waals surface area contributed by atoms with E-state index in [4.69, 9.17) is 0 Å².